The van der Waals surface area contributed by atoms with Crippen molar-refractivity contribution in [2.24, 2.45) is 11.7 Å². The molecule has 1 aliphatic carbocycles. The maximum atomic E-state index is 12.6. The highest BCUT2D eigenvalue weighted by Crippen LogP contribution is 2.41. The van der Waals surface area contributed by atoms with E-state index in [0.29, 0.717) is 0 Å². The summed E-state index contributed by atoms with van der Waals surface area (Å²) in [6.07, 6.45) is -5.80. The Morgan fingerprint density at radius 1 is 1.31 bits per heavy atom. The molecule has 2 nitrogen and oxygen atoms in total. The molecule has 3 N–H and O–H groups in total. The van der Waals surface area contributed by atoms with Crippen LogP contribution in [0.3, 0.4) is 0 Å². The lowest BCUT2D eigenvalue weighted by atomic mass is 9.97. The Bertz CT molecular complexity index is 187. The van der Waals surface area contributed by atoms with Crippen LogP contribution in [-0.4, -0.2) is 29.6 Å². The van der Waals surface area contributed by atoms with Crippen molar-refractivity contribution >= 4 is 0 Å². The molecule has 0 radical (unpaired) electrons. The highest BCUT2D eigenvalue weighted by molar-refractivity contribution is 4.94. The van der Waals surface area contributed by atoms with Gasteiger partial charge in [-0.3, -0.25) is 0 Å². The monoisotopic (exact) mass is 201 g/mol. The number of nitrogens with two attached hydrogens (primary N) is 1. The maximum absolute atomic E-state index is 12.6. The van der Waals surface area contributed by atoms with Gasteiger partial charge in [-0.05, 0) is 0 Å². The van der Waals surface area contributed by atoms with Crippen LogP contribution in [0.1, 0.15) is 12.8 Å². The first-order valence-corrected chi connectivity index (χ1v) is 3.93. The number of aliphatic hydroxyl groups is 1. The van der Waals surface area contributed by atoms with Crippen LogP contribution in [0, 0.1) is 5.92 Å². The molecular weight excluding hydrogens is 190 g/mol. The first-order chi connectivity index (χ1) is 5.83. The summed E-state index contributed by atoms with van der Waals surface area (Å²) in [6, 6.07) is -1.66. The van der Waals surface area contributed by atoms with Crippen molar-refractivity contribution < 1.29 is 22.7 Å². The summed E-state index contributed by atoms with van der Waals surface area (Å²) in [4.78, 5) is 0. The summed E-state index contributed by atoms with van der Waals surface area (Å²) in [7, 11) is 0. The zero-order valence-corrected chi connectivity index (χ0v) is 6.76. The molecule has 0 aromatic heterocycles. The van der Waals surface area contributed by atoms with Gasteiger partial charge in [-0.25, -0.2) is 17.6 Å². The van der Waals surface area contributed by atoms with E-state index >= 15 is 0 Å². The lowest BCUT2D eigenvalue weighted by Crippen LogP contribution is -2.40. The number of hydrogen-bond acceptors (Lipinski definition) is 2. The van der Waals surface area contributed by atoms with Crippen molar-refractivity contribution in [1.82, 2.24) is 0 Å². The molecule has 0 amide bonds. The zero-order chi connectivity index (χ0) is 10.2. The molecule has 1 rings (SSSR count). The zero-order valence-electron chi connectivity index (χ0n) is 6.76. The van der Waals surface area contributed by atoms with Crippen molar-refractivity contribution in [3.05, 3.63) is 0 Å². The normalized spacial score (nSPS) is 35.3. The molecule has 1 saturated carbocycles. The van der Waals surface area contributed by atoms with E-state index in [-0.39, 0.29) is 0 Å². The molecule has 13 heavy (non-hydrogen) atoms. The molecule has 0 heterocycles. The summed E-state index contributed by atoms with van der Waals surface area (Å²) in [5, 5.41) is 9.05. The second-order valence-corrected chi connectivity index (χ2v) is 3.41. The molecule has 3 atom stereocenters. The number of rotatable bonds is 2. The van der Waals surface area contributed by atoms with Crippen LogP contribution >= 0.6 is 0 Å². The molecule has 0 spiro atoms. The lowest BCUT2D eigenvalue weighted by Gasteiger charge is -2.20. The standard InChI is InChI=1S/C7H11F4NO/c8-6(9)5(12)3-1-7(10,11)2-4(3)13/h3-6,13H,1-2,12H2. The van der Waals surface area contributed by atoms with Gasteiger partial charge in [0.05, 0.1) is 12.1 Å². The van der Waals surface area contributed by atoms with Gasteiger partial charge in [0.1, 0.15) is 0 Å². The molecule has 6 heteroatoms. The second-order valence-electron chi connectivity index (χ2n) is 3.41. The van der Waals surface area contributed by atoms with Gasteiger partial charge in [0.15, 0.2) is 0 Å². The average Bonchev–Trinajstić information content (AvgIpc) is 2.22. The minimum absolute atomic E-state index is 0.750. The van der Waals surface area contributed by atoms with E-state index < -0.39 is 43.3 Å². The van der Waals surface area contributed by atoms with Crippen molar-refractivity contribution in [2.45, 2.75) is 37.3 Å². The Labute approximate surface area is 72.7 Å². The molecule has 0 saturated heterocycles. The van der Waals surface area contributed by atoms with E-state index in [1.54, 1.807) is 0 Å². The third-order valence-corrected chi connectivity index (χ3v) is 2.32. The van der Waals surface area contributed by atoms with E-state index in [1.165, 1.54) is 0 Å². The van der Waals surface area contributed by atoms with Crippen LogP contribution in [0.4, 0.5) is 17.6 Å². The van der Waals surface area contributed by atoms with Gasteiger partial charge >= 0.3 is 0 Å². The van der Waals surface area contributed by atoms with Crippen LogP contribution in [0.2, 0.25) is 0 Å². The van der Waals surface area contributed by atoms with E-state index in [9.17, 15) is 17.6 Å². The Balaban J connectivity index is 2.62. The highest BCUT2D eigenvalue weighted by Gasteiger charge is 2.49. The van der Waals surface area contributed by atoms with E-state index in [4.69, 9.17) is 10.8 Å². The largest absolute Gasteiger partial charge is 0.393 e. The van der Waals surface area contributed by atoms with Gasteiger partial charge in [-0.1, -0.05) is 0 Å². The molecule has 78 valence electrons. The summed E-state index contributed by atoms with van der Waals surface area (Å²) in [5.41, 5.74) is 4.99. The van der Waals surface area contributed by atoms with Crippen molar-refractivity contribution in [3.63, 3.8) is 0 Å². The molecular formula is C7H11F4NO. The SMILES string of the molecule is NC(C(F)F)C1CC(F)(F)CC1O. The molecule has 1 aliphatic rings. The van der Waals surface area contributed by atoms with Crippen LogP contribution < -0.4 is 5.73 Å². The van der Waals surface area contributed by atoms with Crippen molar-refractivity contribution in [2.75, 3.05) is 0 Å². The van der Waals surface area contributed by atoms with Crippen molar-refractivity contribution in [1.29, 1.82) is 0 Å². The Morgan fingerprint density at radius 2 is 1.85 bits per heavy atom. The molecule has 0 aromatic rings. The predicted molar refractivity (Wildman–Crippen MR) is 37.7 cm³/mol. The highest BCUT2D eigenvalue weighted by atomic mass is 19.3. The summed E-state index contributed by atoms with van der Waals surface area (Å²) < 4.78 is 49.3. The molecule has 0 aliphatic heterocycles. The topological polar surface area (TPSA) is 46.2 Å². The summed E-state index contributed by atoms with van der Waals surface area (Å²) in [6.45, 7) is 0. The number of halogens is 4. The van der Waals surface area contributed by atoms with Gasteiger partial charge in [-0.15, -0.1) is 0 Å². The van der Waals surface area contributed by atoms with Gasteiger partial charge in [0, 0.05) is 18.8 Å². The van der Waals surface area contributed by atoms with Crippen LogP contribution in [0.25, 0.3) is 0 Å². The Kier molecular flexibility index (Phi) is 2.82. The van der Waals surface area contributed by atoms with E-state index in [1.807, 2.05) is 0 Å². The number of aliphatic hydroxyl groups excluding tert-OH is 1. The van der Waals surface area contributed by atoms with E-state index in [0.717, 1.165) is 0 Å². The smallest absolute Gasteiger partial charge is 0.253 e. The average molecular weight is 201 g/mol. The summed E-state index contributed by atoms with van der Waals surface area (Å²) >= 11 is 0. The number of hydrogen-bond donors (Lipinski definition) is 2. The summed E-state index contributed by atoms with van der Waals surface area (Å²) in [5.74, 6) is -4.26. The first kappa shape index (κ1) is 10.7. The fourth-order valence-electron chi connectivity index (χ4n) is 1.60. The third-order valence-electron chi connectivity index (χ3n) is 2.32. The minimum Gasteiger partial charge on any atom is -0.393 e. The lowest BCUT2D eigenvalue weighted by molar-refractivity contribution is -0.00476. The van der Waals surface area contributed by atoms with Gasteiger partial charge < -0.3 is 10.8 Å². The quantitative estimate of drug-likeness (QED) is 0.654. The van der Waals surface area contributed by atoms with Crippen LogP contribution in [0.5, 0.6) is 0 Å². The van der Waals surface area contributed by atoms with Crippen LogP contribution in [0.15, 0.2) is 0 Å². The van der Waals surface area contributed by atoms with Gasteiger partial charge in [0.2, 0.25) is 0 Å². The Morgan fingerprint density at radius 3 is 2.15 bits per heavy atom. The fourth-order valence-corrected chi connectivity index (χ4v) is 1.60. The third kappa shape index (κ3) is 2.31. The maximum Gasteiger partial charge on any atom is 0.253 e. The van der Waals surface area contributed by atoms with E-state index in [2.05, 4.69) is 0 Å². The van der Waals surface area contributed by atoms with Gasteiger partial charge in [-0.2, -0.15) is 0 Å². The molecule has 3 unspecified atom stereocenters. The van der Waals surface area contributed by atoms with Crippen LogP contribution in [-0.2, 0) is 0 Å². The van der Waals surface area contributed by atoms with Gasteiger partial charge in [0.25, 0.3) is 12.3 Å². The number of alkyl halides is 4. The molecule has 0 bridgehead atoms. The molecule has 1 fully saturated rings. The second kappa shape index (κ2) is 3.42. The predicted octanol–water partition coefficient (Wildman–Crippen LogP) is 0.985. The Hall–Kier alpha value is -0.360. The minimum atomic E-state index is -3.06. The first-order valence-electron chi connectivity index (χ1n) is 3.93. The molecule has 0 aromatic carbocycles. The fraction of sp³-hybridized carbons (Fsp3) is 1.00. The van der Waals surface area contributed by atoms with Crippen molar-refractivity contribution in [3.8, 4) is 0 Å².